The minimum atomic E-state index is -0.0906. The Morgan fingerprint density at radius 2 is 1.58 bits per heavy atom. The van der Waals surface area contributed by atoms with Gasteiger partial charge < -0.3 is 28.5 Å². The number of aryl methyl sites for hydroxylation is 1. The Bertz CT molecular complexity index is 1190. The first kappa shape index (κ1) is 25.0. The Hall–Kier alpha value is -4.08. The Kier molecular flexibility index (Phi) is 8.04. The third kappa shape index (κ3) is 5.76. The zero-order valence-corrected chi connectivity index (χ0v) is 20.7. The number of methoxy groups -OCH3 is 3. The van der Waals surface area contributed by atoms with E-state index in [0.717, 1.165) is 11.3 Å². The van der Waals surface area contributed by atoms with Crippen molar-refractivity contribution >= 4 is 11.8 Å². The molecule has 1 aliphatic heterocycles. The largest absolute Gasteiger partial charge is 0.497 e. The van der Waals surface area contributed by atoms with Gasteiger partial charge in [0.05, 0.1) is 21.3 Å². The lowest BCUT2D eigenvalue weighted by atomic mass is 10.1. The molecule has 0 radical (unpaired) electrons. The third-order valence-electron chi connectivity index (χ3n) is 6.15. The number of ether oxygens (including phenoxy) is 3. The second-order valence-electron chi connectivity index (χ2n) is 8.34. The van der Waals surface area contributed by atoms with E-state index in [9.17, 15) is 9.59 Å². The van der Waals surface area contributed by atoms with Crippen molar-refractivity contribution in [3.63, 3.8) is 0 Å². The van der Waals surface area contributed by atoms with Crippen molar-refractivity contribution in [3.05, 3.63) is 53.9 Å². The van der Waals surface area contributed by atoms with Gasteiger partial charge in [0.1, 0.15) is 5.75 Å². The minimum Gasteiger partial charge on any atom is -0.497 e. The van der Waals surface area contributed by atoms with Gasteiger partial charge in [-0.25, -0.2) is 0 Å². The standard InChI is InChI=1S/C26H30N4O6/c1-33-20-10-7-18(8-11-20)25-27-23(36-28-25)5-4-6-24(31)29-13-15-30(16-14-29)26(32)19-9-12-21(34-2)22(17-19)35-3/h7-12,17H,4-6,13-16H2,1-3H3. The molecule has 2 amide bonds. The average molecular weight is 495 g/mol. The summed E-state index contributed by atoms with van der Waals surface area (Å²) < 4.78 is 21.0. The number of aromatic nitrogens is 2. The van der Waals surface area contributed by atoms with Crippen LogP contribution < -0.4 is 14.2 Å². The molecule has 4 rings (SSSR count). The van der Waals surface area contributed by atoms with Crippen molar-refractivity contribution in [2.75, 3.05) is 47.5 Å². The van der Waals surface area contributed by atoms with E-state index < -0.39 is 0 Å². The number of amides is 2. The van der Waals surface area contributed by atoms with Gasteiger partial charge in [0, 0.05) is 50.1 Å². The summed E-state index contributed by atoms with van der Waals surface area (Å²) in [6.45, 7) is 1.96. The molecule has 0 spiro atoms. The van der Waals surface area contributed by atoms with Crippen LogP contribution in [0.4, 0.5) is 0 Å². The fraction of sp³-hybridized carbons (Fsp3) is 0.385. The molecule has 1 aliphatic rings. The van der Waals surface area contributed by atoms with Crippen LogP contribution >= 0.6 is 0 Å². The van der Waals surface area contributed by atoms with Crippen LogP contribution in [0.3, 0.4) is 0 Å². The number of benzene rings is 2. The average Bonchev–Trinajstić information content (AvgIpc) is 3.41. The second kappa shape index (κ2) is 11.6. The molecule has 36 heavy (non-hydrogen) atoms. The lowest BCUT2D eigenvalue weighted by Gasteiger charge is -2.35. The fourth-order valence-corrected chi connectivity index (χ4v) is 4.07. The van der Waals surface area contributed by atoms with Gasteiger partial charge >= 0.3 is 0 Å². The van der Waals surface area contributed by atoms with Crippen molar-refractivity contribution in [1.29, 1.82) is 0 Å². The molecule has 0 saturated carbocycles. The summed E-state index contributed by atoms with van der Waals surface area (Å²) >= 11 is 0. The third-order valence-corrected chi connectivity index (χ3v) is 6.15. The fourth-order valence-electron chi connectivity index (χ4n) is 4.07. The van der Waals surface area contributed by atoms with Crippen LogP contribution in [0.15, 0.2) is 47.0 Å². The molecule has 0 bridgehead atoms. The highest BCUT2D eigenvalue weighted by molar-refractivity contribution is 5.95. The van der Waals surface area contributed by atoms with Crippen molar-refractivity contribution in [3.8, 4) is 28.6 Å². The number of piperazine rings is 1. The Balaban J connectivity index is 1.23. The Labute approximate surface area is 209 Å². The highest BCUT2D eigenvalue weighted by atomic mass is 16.5. The SMILES string of the molecule is COc1ccc(-c2noc(CCCC(=O)N3CCN(C(=O)c4ccc(OC)c(OC)c4)CC3)n2)cc1. The summed E-state index contributed by atoms with van der Waals surface area (Å²) in [5, 5.41) is 4.03. The number of carbonyl (C=O) groups excluding carboxylic acids is 2. The molecule has 10 heteroatoms. The summed E-state index contributed by atoms with van der Waals surface area (Å²) in [4.78, 5) is 33.6. The van der Waals surface area contributed by atoms with Gasteiger partial charge in [-0.2, -0.15) is 4.98 Å². The van der Waals surface area contributed by atoms with E-state index in [1.807, 2.05) is 24.3 Å². The molecule has 0 unspecified atom stereocenters. The van der Waals surface area contributed by atoms with Crippen LogP contribution in [0.1, 0.15) is 29.1 Å². The Morgan fingerprint density at radius 3 is 2.25 bits per heavy atom. The summed E-state index contributed by atoms with van der Waals surface area (Å²) in [5.74, 6) is 2.81. The van der Waals surface area contributed by atoms with Crippen molar-refractivity contribution < 1.29 is 28.3 Å². The second-order valence-corrected chi connectivity index (χ2v) is 8.34. The molecule has 2 aromatic carbocycles. The highest BCUT2D eigenvalue weighted by Gasteiger charge is 2.25. The maximum atomic E-state index is 12.9. The molecule has 1 saturated heterocycles. The van der Waals surface area contributed by atoms with Crippen LogP contribution in [0, 0.1) is 0 Å². The zero-order valence-electron chi connectivity index (χ0n) is 20.7. The van der Waals surface area contributed by atoms with Gasteiger partial charge in [0.25, 0.3) is 5.91 Å². The minimum absolute atomic E-state index is 0.0584. The van der Waals surface area contributed by atoms with Gasteiger partial charge in [-0.05, 0) is 48.9 Å². The van der Waals surface area contributed by atoms with E-state index >= 15 is 0 Å². The van der Waals surface area contributed by atoms with Crippen LogP contribution in [0.5, 0.6) is 17.2 Å². The van der Waals surface area contributed by atoms with Gasteiger partial charge in [0.15, 0.2) is 11.5 Å². The summed E-state index contributed by atoms with van der Waals surface area (Å²) in [6, 6.07) is 12.5. The van der Waals surface area contributed by atoms with Gasteiger partial charge in [-0.3, -0.25) is 9.59 Å². The zero-order chi connectivity index (χ0) is 25.5. The molecule has 0 N–H and O–H groups in total. The van der Waals surface area contributed by atoms with Crippen LogP contribution in [0.2, 0.25) is 0 Å². The van der Waals surface area contributed by atoms with Crippen LogP contribution in [-0.2, 0) is 11.2 Å². The van der Waals surface area contributed by atoms with E-state index in [2.05, 4.69) is 10.1 Å². The molecule has 190 valence electrons. The molecule has 0 aliphatic carbocycles. The highest BCUT2D eigenvalue weighted by Crippen LogP contribution is 2.28. The van der Waals surface area contributed by atoms with Gasteiger partial charge in [-0.1, -0.05) is 5.16 Å². The number of nitrogens with zero attached hydrogens (tertiary/aromatic N) is 4. The summed E-state index contributed by atoms with van der Waals surface area (Å²) in [5.41, 5.74) is 1.36. The van der Waals surface area contributed by atoms with Crippen molar-refractivity contribution in [2.45, 2.75) is 19.3 Å². The smallest absolute Gasteiger partial charge is 0.254 e. The topological polar surface area (TPSA) is 107 Å². The number of carbonyl (C=O) groups is 2. The maximum Gasteiger partial charge on any atom is 0.254 e. The first-order valence-electron chi connectivity index (χ1n) is 11.8. The molecule has 0 atom stereocenters. The molecule has 1 aromatic heterocycles. The van der Waals surface area contributed by atoms with Crippen molar-refractivity contribution in [2.24, 2.45) is 0 Å². The number of hydrogen-bond acceptors (Lipinski definition) is 8. The summed E-state index contributed by atoms with van der Waals surface area (Å²) in [6.07, 6.45) is 1.50. The normalized spacial score (nSPS) is 13.4. The molecular formula is C26H30N4O6. The molecule has 1 fully saturated rings. The van der Waals surface area contributed by atoms with Crippen molar-refractivity contribution in [1.82, 2.24) is 19.9 Å². The first-order valence-corrected chi connectivity index (χ1v) is 11.8. The maximum absolute atomic E-state index is 12.9. The number of rotatable bonds is 9. The molecular weight excluding hydrogens is 464 g/mol. The molecule has 2 heterocycles. The van der Waals surface area contributed by atoms with E-state index in [0.29, 0.717) is 74.2 Å². The van der Waals surface area contributed by atoms with Crippen LogP contribution in [0.25, 0.3) is 11.4 Å². The lowest BCUT2D eigenvalue weighted by Crippen LogP contribution is -2.50. The monoisotopic (exact) mass is 494 g/mol. The molecule has 10 nitrogen and oxygen atoms in total. The molecule has 3 aromatic rings. The van der Waals surface area contributed by atoms with E-state index in [-0.39, 0.29) is 11.8 Å². The van der Waals surface area contributed by atoms with Gasteiger partial charge in [-0.15, -0.1) is 0 Å². The first-order chi connectivity index (χ1) is 17.5. The van der Waals surface area contributed by atoms with E-state index in [1.165, 1.54) is 7.11 Å². The lowest BCUT2D eigenvalue weighted by molar-refractivity contribution is -0.132. The predicted octanol–water partition coefficient (Wildman–Crippen LogP) is 3.07. The summed E-state index contributed by atoms with van der Waals surface area (Å²) in [7, 11) is 4.70. The number of hydrogen-bond donors (Lipinski definition) is 0. The van der Waals surface area contributed by atoms with Crippen LogP contribution in [-0.4, -0.2) is 79.3 Å². The van der Waals surface area contributed by atoms with E-state index in [1.54, 1.807) is 42.2 Å². The van der Waals surface area contributed by atoms with Gasteiger partial charge in [0.2, 0.25) is 17.6 Å². The predicted molar refractivity (Wildman–Crippen MR) is 131 cm³/mol. The van der Waals surface area contributed by atoms with E-state index in [4.69, 9.17) is 18.7 Å². The quantitative estimate of drug-likeness (QED) is 0.447. The Morgan fingerprint density at radius 1 is 0.889 bits per heavy atom.